The summed E-state index contributed by atoms with van der Waals surface area (Å²) in [5.74, 6) is -1.68. The number of nitrogens with zero attached hydrogens (tertiary/aromatic N) is 2. The number of amides is 4. The maximum atomic E-state index is 16.4. The standard InChI is InChI=1S/C27H41FN2O7/c1-18(2)35-21-11-9-19(10-12-21)20-13-15-27(28,16-14-20)30(24(34)37-26(6,7)8)22(32)29(17-31)23(33)36-25(3,4)5/h9-12,18,20,31H,13-17H2,1-8H3/t20-,27+. The molecule has 10 heteroatoms. The number of carbonyl (C=O) groups excluding carboxylic acids is 3. The second-order valence-corrected chi connectivity index (χ2v) is 11.6. The monoisotopic (exact) mass is 524 g/mol. The Kier molecular flexibility index (Phi) is 9.57. The van der Waals surface area contributed by atoms with Crippen LogP contribution in [0.15, 0.2) is 24.3 Å². The Hall–Kier alpha value is -2.88. The largest absolute Gasteiger partial charge is 0.491 e. The molecule has 1 saturated carbocycles. The van der Waals surface area contributed by atoms with Crippen molar-refractivity contribution in [3.8, 4) is 5.75 Å². The quantitative estimate of drug-likeness (QED) is 0.354. The van der Waals surface area contributed by atoms with Crippen molar-refractivity contribution in [1.29, 1.82) is 0 Å². The predicted molar refractivity (Wildman–Crippen MR) is 136 cm³/mol. The van der Waals surface area contributed by atoms with Crippen molar-refractivity contribution in [2.75, 3.05) is 6.73 Å². The first kappa shape index (κ1) is 30.3. The van der Waals surface area contributed by atoms with Crippen LogP contribution in [0.2, 0.25) is 0 Å². The summed E-state index contributed by atoms with van der Waals surface area (Å²) in [5.41, 5.74) is -1.01. The van der Waals surface area contributed by atoms with Crippen LogP contribution in [0.1, 0.15) is 92.6 Å². The van der Waals surface area contributed by atoms with Gasteiger partial charge in [0.05, 0.1) is 6.10 Å². The van der Waals surface area contributed by atoms with Gasteiger partial charge in [0.25, 0.3) is 0 Å². The number of imide groups is 2. The Balaban J connectivity index is 2.28. The first-order chi connectivity index (χ1) is 17.0. The lowest BCUT2D eigenvalue weighted by Gasteiger charge is -2.42. The first-order valence-electron chi connectivity index (χ1n) is 12.6. The van der Waals surface area contributed by atoms with Crippen LogP contribution in [0.4, 0.5) is 18.8 Å². The highest BCUT2D eigenvalue weighted by molar-refractivity contribution is 5.99. The van der Waals surface area contributed by atoms with E-state index in [-0.39, 0.29) is 29.8 Å². The second-order valence-electron chi connectivity index (χ2n) is 11.6. The highest BCUT2D eigenvalue weighted by Crippen LogP contribution is 2.43. The zero-order chi connectivity index (χ0) is 28.2. The molecule has 208 valence electrons. The van der Waals surface area contributed by atoms with Crippen molar-refractivity contribution in [1.82, 2.24) is 9.80 Å². The van der Waals surface area contributed by atoms with E-state index in [0.717, 1.165) is 11.3 Å². The summed E-state index contributed by atoms with van der Waals surface area (Å²) < 4.78 is 32.6. The normalized spacial score (nSPS) is 20.2. The summed E-state index contributed by atoms with van der Waals surface area (Å²) in [6, 6.07) is 6.25. The molecule has 0 saturated heterocycles. The molecule has 0 aromatic heterocycles. The van der Waals surface area contributed by atoms with Gasteiger partial charge in [-0.1, -0.05) is 12.1 Å². The van der Waals surface area contributed by atoms with Crippen molar-refractivity contribution < 1.29 is 38.1 Å². The third-order valence-corrected chi connectivity index (χ3v) is 5.63. The maximum Gasteiger partial charge on any atom is 0.421 e. The maximum absolute atomic E-state index is 16.4. The highest BCUT2D eigenvalue weighted by Gasteiger charge is 2.51. The number of halogens is 1. The molecule has 1 aromatic rings. The Morgan fingerprint density at radius 1 is 0.973 bits per heavy atom. The summed E-state index contributed by atoms with van der Waals surface area (Å²) in [6.45, 7) is 12.3. The number of hydrogen-bond acceptors (Lipinski definition) is 7. The highest BCUT2D eigenvalue weighted by atomic mass is 19.1. The predicted octanol–water partition coefficient (Wildman–Crippen LogP) is 6.34. The van der Waals surface area contributed by atoms with Crippen molar-refractivity contribution in [3.63, 3.8) is 0 Å². The van der Waals surface area contributed by atoms with Gasteiger partial charge in [0, 0.05) is 12.8 Å². The average Bonchev–Trinajstić information content (AvgIpc) is 2.72. The van der Waals surface area contributed by atoms with E-state index in [2.05, 4.69) is 0 Å². The minimum atomic E-state index is -2.42. The smallest absolute Gasteiger partial charge is 0.421 e. The van der Waals surface area contributed by atoms with Gasteiger partial charge in [0.15, 0.2) is 5.79 Å². The van der Waals surface area contributed by atoms with Gasteiger partial charge in [0.2, 0.25) is 0 Å². The van der Waals surface area contributed by atoms with Crippen LogP contribution in [0.5, 0.6) is 5.75 Å². The minimum absolute atomic E-state index is 0.00682. The van der Waals surface area contributed by atoms with Gasteiger partial charge < -0.3 is 19.3 Å². The van der Waals surface area contributed by atoms with Crippen LogP contribution in [-0.4, -0.2) is 63.0 Å². The van der Waals surface area contributed by atoms with Crippen molar-refractivity contribution in [3.05, 3.63) is 29.8 Å². The van der Waals surface area contributed by atoms with Crippen molar-refractivity contribution in [2.24, 2.45) is 0 Å². The number of aliphatic hydroxyl groups excluding tert-OH is 1. The van der Waals surface area contributed by atoms with E-state index in [9.17, 15) is 19.5 Å². The zero-order valence-corrected chi connectivity index (χ0v) is 23.2. The van der Waals surface area contributed by atoms with Gasteiger partial charge in [0.1, 0.15) is 23.7 Å². The number of benzene rings is 1. The summed E-state index contributed by atoms with van der Waals surface area (Å²) >= 11 is 0. The zero-order valence-electron chi connectivity index (χ0n) is 23.2. The molecule has 0 unspecified atom stereocenters. The number of alkyl halides is 1. The molecule has 0 spiro atoms. The van der Waals surface area contributed by atoms with Crippen LogP contribution >= 0.6 is 0 Å². The molecule has 4 amide bonds. The molecule has 0 heterocycles. The number of ether oxygens (including phenoxy) is 3. The van der Waals surface area contributed by atoms with Gasteiger partial charge in [-0.25, -0.2) is 23.7 Å². The molecular formula is C27H41FN2O7. The van der Waals surface area contributed by atoms with E-state index in [1.54, 1.807) is 41.5 Å². The molecule has 1 N–H and O–H groups in total. The van der Waals surface area contributed by atoms with Crippen molar-refractivity contribution >= 4 is 18.2 Å². The average molecular weight is 525 g/mol. The molecule has 0 atom stereocenters. The molecule has 1 aromatic carbocycles. The first-order valence-corrected chi connectivity index (χ1v) is 12.6. The van der Waals surface area contributed by atoms with Gasteiger partial charge >= 0.3 is 18.2 Å². The van der Waals surface area contributed by atoms with E-state index in [0.29, 0.717) is 17.7 Å². The molecule has 1 aliphatic carbocycles. The number of rotatable bonds is 5. The third-order valence-electron chi connectivity index (χ3n) is 5.63. The Morgan fingerprint density at radius 3 is 1.89 bits per heavy atom. The lowest BCUT2D eigenvalue weighted by Crippen LogP contribution is -2.60. The molecule has 0 radical (unpaired) electrons. The number of carbonyl (C=O) groups is 3. The SMILES string of the molecule is CC(C)Oc1ccc([C@H]2CC[C@@](F)(N(C(=O)OC(C)(C)C)C(=O)N(CO)C(=O)OC(C)(C)C)CC2)cc1. The molecule has 1 fully saturated rings. The van der Waals surface area contributed by atoms with Crippen LogP contribution in [-0.2, 0) is 9.47 Å². The topological polar surface area (TPSA) is 106 Å². The van der Waals surface area contributed by atoms with Gasteiger partial charge in [-0.2, -0.15) is 4.90 Å². The molecular weight excluding hydrogens is 483 g/mol. The van der Waals surface area contributed by atoms with Crippen LogP contribution in [0.25, 0.3) is 0 Å². The van der Waals surface area contributed by atoms with Crippen LogP contribution in [0, 0.1) is 0 Å². The molecule has 1 aliphatic rings. The molecule has 0 aliphatic heterocycles. The summed E-state index contributed by atoms with van der Waals surface area (Å²) in [5, 5.41) is 9.77. The van der Waals surface area contributed by atoms with Crippen LogP contribution in [0.3, 0.4) is 0 Å². The van der Waals surface area contributed by atoms with E-state index >= 15 is 4.39 Å². The third kappa shape index (κ3) is 8.59. The van der Waals surface area contributed by atoms with Crippen molar-refractivity contribution in [2.45, 2.75) is 110 Å². The van der Waals surface area contributed by atoms with Crippen LogP contribution < -0.4 is 4.74 Å². The summed E-state index contributed by atoms with van der Waals surface area (Å²) in [7, 11) is 0. The number of hydrogen-bond donors (Lipinski definition) is 1. The fourth-order valence-corrected chi connectivity index (χ4v) is 4.06. The minimum Gasteiger partial charge on any atom is -0.491 e. The van der Waals surface area contributed by atoms with E-state index < -0.39 is 41.9 Å². The molecule has 37 heavy (non-hydrogen) atoms. The molecule has 9 nitrogen and oxygen atoms in total. The Morgan fingerprint density at radius 2 is 1.46 bits per heavy atom. The van der Waals surface area contributed by atoms with E-state index in [1.807, 2.05) is 38.1 Å². The summed E-state index contributed by atoms with van der Waals surface area (Å²) in [6.07, 6.45) is -2.03. The van der Waals surface area contributed by atoms with Gasteiger partial charge in [-0.3, -0.25) is 0 Å². The van der Waals surface area contributed by atoms with E-state index in [4.69, 9.17) is 14.2 Å². The van der Waals surface area contributed by atoms with Gasteiger partial charge in [-0.05, 0) is 91.8 Å². The summed E-state index contributed by atoms with van der Waals surface area (Å²) in [4.78, 5) is 39.6. The number of urea groups is 1. The fourth-order valence-electron chi connectivity index (χ4n) is 4.06. The lowest BCUT2D eigenvalue weighted by atomic mass is 9.80. The Bertz CT molecular complexity index is 943. The second kappa shape index (κ2) is 11.7. The van der Waals surface area contributed by atoms with E-state index in [1.165, 1.54) is 0 Å². The Labute approximate surface area is 218 Å². The molecule has 0 bridgehead atoms. The van der Waals surface area contributed by atoms with Gasteiger partial charge in [-0.15, -0.1) is 0 Å². The lowest BCUT2D eigenvalue weighted by molar-refractivity contribution is -0.0619. The fraction of sp³-hybridized carbons (Fsp3) is 0.667. The number of aliphatic hydroxyl groups is 1. The molecule has 2 rings (SSSR count).